The van der Waals surface area contributed by atoms with Gasteiger partial charge in [0.15, 0.2) is 23.0 Å². The van der Waals surface area contributed by atoms with Crippen LogP contribution >= 0.6 is 0 Å². The third kappa shape index (κ3) is 3.52. The van der Waals surface area contributed by atoms with Gasteiger partial charge in [0.25, 0.3) is 0 Å². The van der Waals surface area contributed by atoms with Gasteiger partial charge in [0.2, 0.25) is 0 Å². The quantitative estimate of drug-likeness (QED) is 0.240. The molecule has 0 spiro atoms. The van der Waals surface area contributed by atoms with E-state index in [0.717, 1.165) is 51.2 Å². The summed E-state index contributed by atoms with van der Waals surface area (Å²) in [5, 5.41) is 0. The molecule has 6 aromatic carbocycles. The van der Waals surface area contributed by atoms with Crippen LogP contribution in [-0.4, -0.2) is 0 Å². The minimum Gasteiger partial charge on any atom is -0.453 e. The van der Waals surface area contributed by atoms with Crippen LogP contribution in [0.2, 0.25) is 0 Å². The van der Waals surface area contributed by atoms with Crippen molar-refractivity contribution in [2.45, 2.75) is 0 Å². The van der Waals surface area contributed by atoms with Crippen LogP contribution in [-0.2, 0) is 0 Å². The van der Waals surface area contributed by atoms with Gasteiger partial charge in [-0.3, -0.25) is 4.90 Å². The smallest absolute Gasteiger partial charge is 0.155 e. The van der Waals surface area contributed by atoms with E-state index in [1.807, 2.05) is 36.4 Å². The Hall–Kier alpha value is -5.28. The molecule has 0 fully saturated rings. The molecule has 39 heavy (non-hydrogen) atoms. The van der Waals surface area contributed by atoms with Crippen LogP contribution in [0.5, 0.6) is 23.0 Å². The Morgan fingerprint density at radius 1 is 0.359 bits per heavy atom. The molecule has 0 unspecified atom stereocenters. The van der Waals surface area contributed by atoms with Gasteiger partial charge in [-0.25, -0.2) is 0 Å². The molecule has 3 heteroatoms. The number of fused-ring (bicyclic) bond motifs is 4. The van der Waals surface area contributed by atoms with Crippen LogP contribution in [0.4, 0.5) is 17.1 Å². The van der Waals surface area contributed by atoms with Gasteiger partial charge >= 0.3 is 0 Å². The predicted molar refractivity (Wildman–Crippen MR) is 158 cm³/mol. The minimum atomic E-state index is 0.791. The maximum atomic E-state index is 6.44. The molecule has 2 aliphatic rings. The topological polar surface area (TPSA) is 21.7 Å². The van der Waals surface area contributed by atoms with Crippen LogP contribution in [0.1, 0.15) is 0 Å². The van der Waals surface area contributed by atoms with Crippen molar-refractivity contribution in [3.63, 3.8) is 0 Å². The van der Waals surface area contributed by atoms with Crippen LogP contribution in [0.15, 0.2) is 140 Å². The third-order valence-electron chi connectivity index (χ3n) is 7.47. The SMILES string of the molecule is c1ccc(-c2ccccc2-c2ccc(-c3ccc4c(c3)Oc3cccc5c3N4c3ccccc3O5)cc2)cc1. The van der Waals surface area contributed by atoms with E-state index in [4.69, 9.17) is 9.47 Å². The monoisotopic (exact) mass is 501 g/mol. The lowest BCUT2D eigenvalue weighted by atomic mass is 9.93. The van der Waals surface area contributed by atoms with Gasteiger partial charge in [-0.1, -0.05) is 103 Å². The lowest BCUT2D eigenvalue weighted by Gasteiger charge is -2.37. The first kappa shape index (κ1) is 21.8. The van der Waals surface area contributed by atoms with E-state index in [1.54, 1.807) is 0 Å². The molecular weight excluding hydrogens is 478 g/mol. The molecule has 184 valence electrons. The summed E-state index contributed by atoms with van der Waals surface area (Å²) >= 11 is 0. The summed E-state index contributed by atoms with van der Waals surface area (Å²) in [7, 11) is 0. The number of rotatable bonds is 3. The van der Waals surface area contributed by atoms with Crippen LogP contribution < -0.4 is 14.4 Å². The number of benzene rings is 6. The first-order valence-electron chi connectivity index (χ1n) is 13.1. The summed E-state index contributed by atoms with van der Waals surface area (Å²) < 4.78 is 12.6. The number of para-hydroxylation sites is 3. The number of ether oxygens (including phenoxy) is 2. The van der Waals surface area contributed by atoms with Crippen molar-refractivity contribution in [1.82, 2.24) is 0 Å². The van der Waals surface area contributed by atoms with E-state index in [-0.39, 0.29) is 0 Å². The largest absolute Gasteiger partial charge is 0.453 e. The number of hydrogen-bond donors (Lipinski definition) is 0. The van der Waals surface area contributed by atoms with Gasteiger partial charge < -0.3 is 9.47 Å². The van der Waals surface area contributed by atoms with Crippen LogP contribution in [0.3, 0.4) is 0 Å². The Bertz CT molecular complexity index is 1860. The highest BCUT2D eigenvalue weighted by atomic mass is 16.5. The Morgan fingerprint density at radius 2 is 0.897 bits per heavy atom. The molecule has 0 radical (unpaired) electrons. The second-order valence-corrected chi connectivity index (χ2v) is 9.78. The Morgan fingerprint density at radius 3 is 1.67 bits per heavy atom. The summed E-state index contributed by atoms with van der Waals surface area (Å²) in [6.45, 7) is 0. The third-order valence-corrected chi connectivity index (χ3v) is 7.47. The van der Waals surface area contributed by atoms with Crippen molar-refractivity contribution in [1.29, 1.82) is 0 Å². The van der Waals surface area contributed by atoms with Crippen LogP contribution in [0, 0.1) is 0 Å². The fourth-order valence-electron chi connectivity index (χ4n) is 5.63. The molecule has 0 bridgehead atoms. The number of hydrogen-bond acceptors (Lipinski definition) is 3. The van der Waals surface area contributed by atoms with E-state index in [9.17, 15) is 0 Å². The van der Waals surface area contributed by atoms with E-state index >= 15 is 0 Å². The Labute approximate surface area is 227 Å². The van der Waals surface area contributed by atoms with Gasteiger partial charge in [-0.2, -0.15) is 0 Å². The molecule has 8 rings (SSSR count). The van der Waals surface area contributed by atoms with Crippen molar-refractivity contribution in [3.05, 3.63) is 140 Å². The van der Waals surface area contributed by atoms with Crippen LogP contribution in [0.25, 0.3) is 33.4 Å². The summed E-state index contributed by atoms with van der Waals surface area (Å²) in [5.74, 6) is 3.25. The average Bonchev–Trinajstić information content (AvgIpc) is 3.01. The zero-order valence-electron chi connectivity index (χ0n) is 21.0. The molecule has 0 atom stereocenters. The fraction of sp³-hybridized carbons (Fsp3) is 0. The zero-order chi connectivity index (χ0) is 25.8. The zero-order valence-corrected chi connectivity index (χ0v) is 21.0. The minimum absolute atomic E-state index is 0.791. The maximum absolute atomic E-state index is 6.44. The molecule has 0 N–H and O–H groups in total. The second-order valence-electron chi connectivity index (χ2n) is 9.78. The van der Waals surface area contributed by atoms with E-state index in [1.165, 1.54) is 22.3 Å². The van der Waals surface area contributed by atoms with E-state index in [0.29, 0.717) is 0 Å². The predicted octanol–water partition coefficient (Wildman–Crippen LogP) is 10.4. The van der Waals surface area contributed by atoms with Gasteiger partial charge in [-0.15, -0.1) is 0 Å². The number of nitrogens with zero attached hydrogens (tertiary/aromatic N) is 1. The highest BCUT2D eigenvalue weighted by Crippen LogP contribution is 2.59. The average molecular weight is 502 g/mol. The molecular formula is C36H23NO2. The summed E-state index contributed by atoms with van der Waals surface area (Å²) in [4.78, 5) is 2.25. The highest BCUT2D eigenvalue weighted by Gasteiger charge is 2.34. The van der Waals surface area contributed by atoms with E-state index < -0.39 is 0 Å². The van der Waals surface area contributed by atoms with Gasteiger partial charge in [0.05, 0.1) is 11.4 Å². The van der Waals surface area contributed by atoms with Crippen molar-refractivity contribution in [2.24, 2.45) is 0 Å². The Balaban J connectivity index is 1.18. The highest BCUT2D eigenvalue weighted by molar-refractivity contribution is 5.94. The molecule has 0 amide bonds. The molecule has 0 saturated heterocycles. The van der Waals surface area contributed by atoms with E-state index in [2.05, 4.69) is 108 Å². The van der Waals surface area contributed by atoms with Gasteiger partial charge in [-0.05, 0) is 69.8 Å². The normalized spacial score (nSPS) is 12.5. The summed E-state index contributed by atoms with van der Waals surface area (Å²) in [6, 6.07) is 48.5. The summed E-state index contributed by atoms with van der Waals surface area (Å²) in [5.41, 5.74) is 10.1. The van der Waals surface area contributed by atoms with Crippen molar-refractivity contribution in [3.8, 4) is 56.4 Å². The van der Waals surface area contributed by atoms with Gasteiger partial charge in [0, 0.05) is 0 Å². The molecule has 3 nitrogen and oxygen atoms in total. The maximum Gasteiger partial charge on any atom is 0.155 e. The standard InChI is InChI=1S/C36H23NO2/c1-2-9-25(10-3-1)28-11-4-5-12-29(28)26-19-17-24(18-20-26)27-21-22-31-35(23-27)39-34-16-8-15-33-36(34)37(31)30-13-6-7-14-32(30)38-33/h1-23H. The number of anilines is 3. The van der Waals surface area contributed by atoms with Crippen molar-refractivity contribution < 1.29 is 9.47 Å². The first-order valence-corrected chi connectivity index (χ1v) is 13.1. The molecule has 0 saturated carbocycles. The molecule has 2 aliphatic heterocycles. The molecule has 6 aromatic rings. The Kier molecular flexibility index (Phi) is 4.82. The molecule has 2 heterocycles. The summed E-state index contributed by atoms with van der Waals surface area (Å²) in [6.07, 6.45) is 0. The second kappa shape index (κ2) is 8.64. The molecule has 0 aromatic heterocycles. The lowest BCUT2D eigenvalue weighted by molar-refractivity contribution is 0.446. The van der Waals surface area contributed by atoms with Gasteiger partial charge in [0.1, 0.15) is 5.69 Å². The first-order chi connectivity index (χ1) is 19.3. The van der Waals surface area contributed by atoms with Crippen molar-refractivity contribution in [2.75, 3.05) is 4.90 Å². The van der Waals surface area contributed by atoms with Crippen molar-refractivity contribution >= 4 is 17.1 Å². The fourth-order valence-corrected chi connectivity index (χ4v) is 5.63. The lowest BCUT2D eigenvalue weighted by Crippen LogP contribution is -2.20. The molecule has 0 aliphatic carbocycles.